The van der Waals surface area contributed by atoms with E-state index < -0.39 is 0 Å². The van der Waals surface area contributed by atoms with Gasteiger partial charge >= 0.3 is 0 Å². The molecule has 0 bridgehead atoms. The molecule has 2 fully saturated rings. The Bertz CT molecular complexity index is 972. The molecule has 2 amide bonds. The lowest BCUT2D eigenvalue weighted by Crippen LogP contribution is -2.51. The maximum absolute atomic E-state index is 13.3. The van der Waals surface area contributed by atoms with Crippen LogP contribution in [-0.2, 0) is 11.3 Å². The molecule has 29 heavy (non-hydrogen) atoms. The van der Waals surface area contributed by atoms with Gasteiger partial charge in [0.05, 0.1) is 5.39 Å². The molecule has 1 aliphatic heterocycles. The van der Waals surface area contributed by atoms with Crippen molar-refractivity contribution in [2.75, 3.05) is 26.2 Å². The molecule has 0 spiro atoms. The number of nitrogens with zero attached hydrogens (tertiary/aromatic N) is 4. The largest absolute Gasteiger partial charge is 0.339 e. The summed E-state index contributed by atoms with van der Waals surface area (Å²) in [7, 11) is 0. The molecule has 0 unspecified atom stereocenters. The molecule has 2 aromatic rings. The zero-order valence-corrected chi connectivity index (χ0v) is 17.0. The van der Waals surface area contributed by atoms with Gasteiger partial charge < -0.3 is 9.80 Å². The summed E-state index contributed by atoms with van der Waals surface area (Å²) in [4.78, 5) is 42.0. The molecule has 1 saturated heterocycles. The van der Waals surface area contributed by atoms with Crippen LogP contribution in [0.4, 0.5) is 0 Å². The summed E-state index contributed by atoms with van der Waals surface area (Å²) < 4.78 is 1.44. The summed E-state index contributed by atoms with van der Waals surface area (Å²) in [5.41, 5.74) is 0.187. The smallest absolute Gasteiger partial charge is 0.275 e. The van der Waals surface area contributed by atoms with Crippen LogP contribution >= 0.6 is 0 Å². The summed E-state index contributed by atoms with van der Waals surface area (Å²) in [5.74, 6) is 0.267. The number of unbranched alkanes of at least 4 members (excludes halogenated alkanes) is 2. The minimum atomic E-state index is -0.163. The van der Waals surface area contributed by atoms with E-state index in [9.17, 15) is 14.4 Å². The summed E-state index contributed by atoms with van der Waals surface area (Å²) in [6, 6.07) is 7.20. The van der Waals surface area contributed by atoms with E-state index in [1.54, 1.807) is 17.0 Å². The van der Waals surface area contributed by atoms with Crippen LogP contribution in [0.2, 0.25) is 0 Å². The molecule has 0 atom stereocenters. The van der Waals surface area contributed by atoms with Gasteiger partial charge in [-0.05, 0) is 25.3 Å². The standard InChI is InChI=1S/C22H28N4O3/c1-2-3-6-11-26-21(28)18-8-5-4-7-17(18)19(23-26)22(29)25-14-12-24(13-15-25)20(27)16-9-10-16/h4-5,7-8,16H,2-3,6,9-15H2,1H3. The van der Waals surface area contributed by atoms with Crippen molar-refractivity contribution in [2.24, 2.45) is 5.92 Å². The van der Waals surface area contributed by atoms with Crippen molar-refractivity contribution in [3.63, 3.8) is 0 Å². The average molecular weight is 396 g/mol. The van der Waals surface area contributed by atoms with Crippen LogP contribution in [0.3, 0.4) is 0 Å². The van der Waals surface area contributed by atoms with Crippen molar-refractivity contribution in [1.29, 1.82) is 0 Å². The fourth-order valence-corrected chi connectivity index (χ4v) is 3.92. The van der Waals surface area contributed by atoms with Crippen LogP contribution in [0.5, 0.6) is 0 Å². The second kappa shape index (κ2) is 8.35. The number of hydrogen-bond donors (Lipinski definition) is 0. The Labute approximate surface area is 170 Å². The fraction of sp³-hybridized carbons (Fsp3) is 0.545. The monoisotopic (exact) mass is 396 g/mol. The highest BCUT2D eigenvalue weighted by Crippen LogP contribution is 2.31. The molecule has 1 aromatic heterocycles. The molecule has 7 nitrogen and oxygen atoms in total. The Hall–Kier alpha value is -2.70. The Kier molecular flexibility index (Phi) is 5.65. The molecule has 1 aromatic carbocycles. The van der Waals surface area contributed by atoms with Crippen LogP contribution in [0, 0.1) is 5.92 Å². The first kappa shape index (κ1) is 19.6. The normalized spacial score (nSPS) is 17.0. The Balaban J connectivity index is 1.57. The number of fused-ring (bicyclic) bond motifs is 1. The lowest BCUT2D eigenvalue weighted by Gasteiger charge is -2.34. The molecular weight excluding hydrogens is 368 g/mol. The number of rotatable bonds is 6. The number of piperazine rings is 1. The van der Waals surface area contributed by atoms with E-state index in [1.807, 2.05) is 17.0 Å². The van der Waals surface area contributed by atoms with Crippen LogP contribution in [-0.4, -0.2) is 57.6 Å². The van der Waals surface area contributed by atoms with Crippen molar-refractivity contribution in [3.8, 4) is 0 Å². The molecule has 0 radical (unpaired) electrons. The van der Waals surface area contributed by atoms with Gasteiger partial charge in [-0.1, -0.05) is 38.0 Å². The van der Waals surface area contributed by atoms with E-state index in [2.05, 4.69) is 12.0 Å². The number of aromatic nitrogens is 2. The second-order valence-electron chi connectivity index (χ2n) is 8.02. The van der Waals surface area contributed by atoms with E-state index in [0.29, 0.717) is 49.2 Å². The van der Waals surface area contributed by atoms with E-state index in [-0.39, 0.29) is 23.3 Å². The number of carbonyl (C=O) groups excluding carboxylic acids is 2. The molecule has 2 heterocycles. The van der Waals surface area contributed by atoms with Gasteiger partial charge in [-0.2, -0.15) is 5.10 Å². The third-order valence-corrected chi connectivity index (χ3v) is 5.85. The second-order valence-corrected chi connectivity index (χ2v) is 8.02. The Morgan fingerprint density at radius 3 is 2.31 bits per heavy atom. The first-order valence-corrected chi connectivity index (χ1v) is 10.7. The van der Waals surface area contributed by atoms with Gasteiger partial charge in [-0.3, -0.25) is 14.4 Å². The summed E-state index contributed by atoms with van der Waals surface area (Å²) in [5, 5.41) is 5.61. The van der Waals surface area contributed by atoms with Gasteiger partial charge in [0.25, 0.3) is 11.5 Å². The van der Waals surface area contributed by atoms with Gasteiger partial charge in [0.1, 0.15) is 0 Å². The maximum Gasteiger partial charge on any atom is 0.275 e. The van der Waals surface area contributed by atoms with Gasteiger partial charge in [0.15, 0.2) is 5.69 Å². The minimum absolute atomic E-state index is 0.145. The highest BCUT2D eigenvalue weighted by Gasteiger charge is 2.35. The van der Waals surface area contributed by atoms with E-state index in [0.717, 1.165) is 32.1 Å². The average Bonchev–Trinajstić information content (AvgIpc) is 3.60. The third-order valence-electron chi connectivity index (χ3n) is 5.85. The van der Waals surface area contributed by atoms with Crippen LogP contribution in [0.15, 0.2) is 29.1 Å². The lowest BCUT2D eigenvalue weighted by atomic mass is 10.1. The molecular formula is C22H28N4O3. The van der Waals surface area contributed by atoms with E-state index in [4.69, 9.17) is 0 Å². The highest BCUT2D eigenvalue weighted by atomic mass is 16.2. The third kappa shape index (κ3) is 4.04. The molecule has 4 rings (SSSR count). The van der Waals surface area contributed by atoms with Gasteiger partial charge in [-0.25, -0.2) is 4.68 Å². The van der Waals surface area contributed by atoms with E-state index in [1.165, 1.54) is 4.68 Å². The number of aryl methyl sites for hydroxylation is 1. The first-order chi connectivity index (χ1) is 14.1. The quantitative estimate of drug-likeness (QED) is 0.702. The molecule has 0 N–H and O–H groups in total. The predicted molar refractivity (Wildman–Crippen MR) is 111 cm³/mol. The zero-order chi connectivity index (χ0) is 20.4. The maximum atomic E-state index is 13.3. The predicted octanol–water partition coefficient (Wildman–Crippen LogP) is 2.28. The van der Waals surface area contributed by atoms with Gasteiger partial charge in [0, 0.05) is 44.0 Å². The van der Waals surface area contributed by atoms with E-state index >= 15 is 0 Å². The molecule has 7 heteroatoms. The molecule has 154 valence electrons. The number of benzene rings is 1. The Morgan fingerprint density at radius 2 is 1.66 bits per heavy atom. The summed E-state index contributed by atoms with van der Waals surface area (Å²) in [6.45, 7) is 4.76. The molecule has 2 aliphatic rings. The summed E-state index contributed by atoms with van der Waals surface area (Å²) in [6.07, 6.45) is 4.91. The molecule has 1 saturated carbocycles. The van der Waals surface area contributed by atoms with Gasteiger partial charge in [0.2, 0.25) is 5.91 Å². The number of hydrogen-bond acceptors (Lipinski definition) is 4. The zero-order valence-electron chi connectivity index (χ0n) is 17.0. The van der Waals surface area contributed by atoms with Crippen molar-refractivity contribution in [3.05, 3.63) is 40.3 Å². The number of carbonyl (C=O) groups is 2. The minimum Gasteiger partial charge on any atom is -0.339 e. The fourth-order valence-electron chi connectivity index (χ4n) is 3.92. The lowest BCUT2D eigenvalue weighted by molar-refractivity contribution is -0.134. The van der Waals surface area contributed by atoms with Crippen molar-refractivity contribution in [2.45, 2.75) is 45.6 Å². The van der Waals surface area contributed by atoms with Gasteiger partial charge in [-0.15, -0.1) is 0 Å². The van der Waals surface area contributed by atoms with Crippen LogP contribution < -0.4 is 5.56 Å². The van der Waals surface area contributed by atoms with Crippen molar-refractivity contribution in [1.82, 2.24) is 19.6 Å². The van der Waals surface area contributed by atoms with Crippen LogP contribution in [0.1, 0.15) is 49.5 Å². The summed E-state index contributed by atoms with van der Waals surface area (Å²) >= 11 is 0. The SMILES string of the molecule is CCCCCn1nc(C(=O)N2CCN(C(=O)C3CC3)CC2)c2ccccc2c1=O. The number of amides is 2. The van der Waals surface area contributed by atoms with Crippen LogP contribution in [0.25, 0.3) is 10.8 Å². The van der Waals surface area contributed by atoms with Crippen molar-refractivity contribution < 1.29 is 9.59 Å². The Morgan fingerprint density at radius 1 is 1.00 bits per heavy atom. The molecule has 1 aliphatic carbocycles. The highest BCUT2D eigenvalue weighted by molar-refractivity contribution is 6.04. The topological polar surface area (TPSA) is 75.5 Å². The van der Waals surface area contributed by atoms with Crippen molar-refractivity contribution >= 4 is 22.6 Å². The first-order valence-electron chi connectivity index (χ1n) is 10.7.